The summed E-state index contributed by atoms with van der Waals surface area (Å²) in [7, 11) is 3.48. The fraction of sp³-hybridized carbons (Fsp3) is 0.316. The number of carbonyl (C=O) groups is 1. The molecule has 1 atom stereocenters. The number of rotatable bonds is 4. The zero-order valence-electron chi connectivity index (χ0n) is 13.9. The van der Waals surface area contributed by atoms with Gasteiger partial charge in [-0.2, -0.15) is 24.3 Å². The van der Waals surface area contributed by atoms with Crippen LogP contribution in [0.2, 0.25) is 0 Å². The molecule has 3 nitrogen and oxygen atoms in total. The Morgan fingerprint density at radius 1 is 1.29 bits per heavy atom. The topological polar surface area (TPSA) is 29.5 Å². The van der Waals surface area contributed by atoms with Crippen LogP contribution in [0.15, 0.2) is 42.5 Å². The number of amides is 1. The molecule has 123 valence electrons. The Hall–Kier alpha value is -1.10. The molecule has 0 bridgehead atoms. The Balaban J connectivity index is 0.00000208. The Kier molecular flexibility index (Phi) is 6.30. The summed E-state index contributed by atoms with van der Waals surface area (Å²) in [5.74, 6) is -0.237. The third kappa shape index (κ3) is 3.61. The maximum atomic E-state index is 13.3. The molecule has 1 radical (unpaired) electrons. The fourth-order valence-electron chi connectivity index (χ4n) is 3.07. The molecule has 0 fully saturated rings. The van der Waals surface area contributed by atoms with E-state index in [9.17, 15) is 9.18 Å². The first-order valence-electron chi connectivity index (χ1n) is 7.62. The Labute approximate surface area is 167 Å². The van der Waals surface area contributed by atoms with Crippen LogP contribution < -0.4 is 0 Å². The quantitative estimate of drug-likeness (QED) is 0.737. The van der Waals surface area contributed by atoms with Gasteiger partial charge in [0.2, 0.25) is 5.91 Å². The predicted octanol–water partition coefficient (Wildman–Crippen LogP) is 3.27. The molecule has 1 unspecified atom stereocenters. The van der Waals surface area contributed by atoms with E-state index >= 15 is 0 Å². The molecule has 0 spiro atoms. The van der Waals surface area contributed by atoms with Gasteiger partial charge in [-0.3, -0.25) is 4.79 Å². The van der Waals surface area contributed by atoms with Crippen LogP contribution in [-0.4, -0.2) is 24.9 Å². The molecule has 0 saturated carbocycles. The summed E-state index contributed by atoms with van der Waals surface area (Å²) in [4.78, 5) is 13.6. The molecule has 3 rings (SSSR count). The van der Waals surface area contributed by atoms with Crippen molar-refractivity contribution in [1.82, 2.24) is 4.90 Å². The number of hydrogen-bond acceptors (Lipinski definition) is 2. The van der Waals surface area contributed by atoms with Gasteiger partial charge in [0.1, 0.15) is 5.82 Å². The van der Waals surface area contributed by atoms with Gasteiger partial charge in [0.15, 0.2) is 0 Å². The van der Waals surface area contributed by atoms with Gasteiger partial charge in [0.25, 0.3) is 0 Å². The zero-order valence-corrected chi connectivity index (χ0v) is 16.7. The fourth-order valence-corrected chi connectivity index (χ4v) is 3.07. The van der Waals surface area contributed by atoms with Crippen molar-refractivity contribution in [2.45, 2.75) is 25.0 Å². The number of ether oxygens (including phenoxy) is 1. The summed E-state index contributed by atoms with van der Waals surface area (Å²) >= 11 is 0. The first kappa shape index (κ1) is 19.2. The van der Waals surface area contributed by atoms with Crippen molar-refractivity contribution in [1.29, 1.82) is 0 Å². The Morgan fingerprint density at radius 3 is 2.67 bits per heavy atom. The molecule has 1 aliphatic rings. The molecule has 1 heterocycles. The van der Waals surface area contributed by atoms with E-state index in [0.29, 0.717) is 19.4 Å². The van der Waals surface area contributed by atoms with Crippen LogP contribution in [0, 0.1) is 11.9 Å². The SMILES string of the molecule is CN(C)C(=O)CCC1(c2ccc(F)cc2)OCc2c[c-]ccc21.[Y]. The molecule has 0 aliphatic carbocycles. The summed E-state index contributed by atoms with van der Waals surface area (Å²) in [5.41, 5.74) is 2.27. The smallest absolute Gasteiger partial charge is 0.222 e. The van der Waals surface area contributed by atoms with Crippen LogP contribution in [0.1, 0.15) is 29.5 Å². The van der Waals surface area contributed by atoms with Crippen molar-refractivity contribution in [2.24, 2.45) is 0 Å². The number of fused-ring (bicyclic) bond motifs is 1. The van der Waals surface area contributed by atoms with Crippen molar-refractivity contribution in [3.8, 4) is 0 Å². The number of hydrogen-bond donors (Lipinski definition) is 0. The van der Waals surface area contributed by atoms with E-state index in [-0.39, 0.29) is 44.4 Å². The summed E-state index contributed by atoms with van der Waals surface area (Å²) in [6.45, 7) is 0.472. The largest absolute Gasteiger partial charge is 0.375 e. The molecular weight excluding hydrogens is 382 g/mol. The minimum absolute atomic E-state index is 0. The molecule has 2 aromatic carbocycles. The third-order valence-corrected chi connectivity index (χ3v) is 4.36. The van der Waals surface area contributed by atoms with E-state index in [2.05, 4.69) is 6.07 Å². The molecule has 1 amide bonds. The molecule has 2 aromatic rings. The van der Waals surface area contributed by atoms with Crippen LogP contribution in [0.4, 0.5) is 4.39 Å². The van der Waals surface area contributed by atoms with Crippen LogP contribution in [-0.2, 0) is 54.4 Å². The molecule has 0 aromatic heterocycles. The number of benzene rings is 2. The van der Waals surface area contributed by atoms with E-state index < -0.39 is 5.60 Å². The summed E-state index contributed by atoms with van der Waals surface area (Å²) in [5, 5.41) is 0. The molecular formula is C19H19FNO2Y-. The standard InChI is InChI=1S/C19H19FNO2.Y/c1-21(2)18(22)11-12-19(15-7-9-16(20)10-8-15)17-6-4-3-5-14(17)13-23-19;/h4-10H,11-13H2,1-2H3;/q-1;. The Morgan fingerprint density at radius 2 is 2.00 bits per heavy atom. The second-order valence-corrected chi connectivity index (χ2v) is 5.99. The molecule has 0 saturated heterocycles. The van der Waals surface area contributed by atoms with Gasteiger partial charge in [0.05, 0.1) is 5.60 Å². The monoisotopic (exact) mass is 401 g/mol. The van der Waals surface area contributed by atoms with Crippen LogP contribution in [0.5, 0.6) is 0 Å². The van der Waals surface area contributed by atoms with Crippen molar-refractivity contribution < 1.29 is 46.6 Å². The van der Waals surface area contributed by atoms with Gasteiger partial charge >= 0.3 is 0 Å². The van der Waals surface area contributed by atoms with E-state index in [4.69, 9.17) is 4.74 Å². The first-order chi connectivity index (χ1) is 11.0. The second-order valence-electron chi connectivity index (χ2n) is 5.99. The van der Waals surface area contributed by atoms with Gasteiger partial charge in [-0.1, -0.05) is 12.1 Å². The van der Waals surface area contributed by atoms with Gasteiger partial charge < -0.3 is 9.64 Å². The maximum absolute atomic E-state index is 13.3. The molecule has 5 heteroatoms. The second kappa shape index (κ2) is 7.86. The van der Waals surface area contributed by atoms with Crippen LogP contribution in [0.25, 0.3) is 0 Å². The summed E-state index contributed by atoms with van der Waals surface area (Å²) in [6, 6.07) is 15.1. The zero-order chi connectivity index (χ0) is 16.4. The van der Waals surface area contributed by atoms with Gasteiger partial charge in [0, 0.05) is 59.8 Å². The van der Waals surface area contributed by atoms with Crippen molar-refractivity contribution in [3.63, 3.8) is 0 Å². The van der Waals surface area contributed by atoms with Crippen LogP contribution >= 0.6 is 0 Å². The van der Waals surface area contributed by atoms with Crippen LogP contribution in [0.3, 0.4) is 0 Å². The van der Waals surface area contributed by atoms with Crippen molar-refractivity contribution in [3.05, 3.63) is 71.0 Å². The van der Waals surface area contributed by atoms with Gasteiger partial charge in [-0.25, -0.2) is 4.39 Å². The third-order valence-electron chi connectivity index (χ3n) is 4.36. The van der Waals surface area contributed by atoms with E-state index in [1.807, 2.05) is 18.2 Å². The first-order valence-corrected chi connectivity index (χ1v) is 7.62. The summed E-state index contributed by atoms with van der Waals surface area (Å²) < 4.78 is 19.5. The minimum Gasteiger partial charge on any atom is -0.375 e. The average molecular weight is 401 g/mol. The van der Waals surface area contributed by atoms with Crippen molar-refractivity contribution >= 4 is 5.91 Å². The summed E-state index contributed by atoms with van der Waals surface area (Å²) in [6.07, 6.45) is 0.884. The minimum atomic E-state index is -0.705. The Bertz CT molecular complexity index is 718. The molecule has 0 N–H and O–H groups in total. The predicted molar refractivity (Wildman–Crippen MR) is 85.2 cm³/mol. The van der Waals surface area contributed by atoms with Gasteiger partial charge in [-0.15, -0.1) is 11.1 Å². The average Bonchev–Trinajstić information content (AvgIpc) is 2.93. The molecule has 24 heavy (non-hydrogen) atoms. The van der Waals surface area contributed by atoms with Crippen molar-refractivity contribution in [2.75, 3.05) is 14.1 Å². The van der Waals surface area contributed by atoms with E-state index in [0.717, 1.165) is 16.7 Å². The van der Waals surface area contributed by atoms with E-state index in [1.165, 1.54) is 12.1 Å². The van der Waals surface area contributed by atoms with E-state index in [1.54, 1.807) is 31.1 Å². The van der Waals surface area contributed by atoms with Gasteiger partial charge in [-0.05, 0) is 24.1 Å². The normalized spacial score (nSPS) is 18.6. The molecule has 1 aliphatic heterocycles. The maximum Gasteiger partial charge on any atom is 0.222 e. The number of nitrogens with zero attached hydrogens (tertiary/aromatic N) is 1. The number of carbonyl (C=O) groups excluding carboxylic acids is 1. The number of halogens is 1.